The van der Waals surface area contributed by atoms with Gasteiger partial charge in [0.2, 0.25) is 0 Å². The lowest BCUT2D eigenvalue weighted by molar-refractivity contribution is 0.289. The van der Waals surface area contributed by atoms with Crippen LogP contribution in [-0.2, 0) is 0 Å². The molecule has 20 heavy (non-hydrogen) atoms. The predicted molar refractivity (Wildman–Crippen MR) is 84.5 cm³/mol. The molecule has 1 nitrogen and oxygen atoms in total. The average Bonchev–Trinajstić information content (AvgIpc) is 2.53. The van der Waals surface area contributed by atoms with Gasteiger partial charge in [0.1, 0.15) is 0 Å². The van der Waals surface area contributed by atoms with Crippen molar-refractivity contribution in [3.63, 3.8) is 0 Å². The van der Waals surface area contributed by atoms with Gasteiger partial charge in [-0.2, -0.15) is 5.26 Å². The summed E-state index contributed by atoms with van der Waals surface area (Å²) in [6, 6.07) is 10.4. The number of nitrogens with zero attached hydrogens (tertiary/aromatic N) is 1. The Balaban J connectivity index is 1.80. The summed E-state index contributed by atoms with van der Waals surface area (Å²) in [4.78, 5) is 0. The second-order valence-electron chi connectivity index (χ2n) is 6.54. The van der Waals surface area contributed by atoms with E-state index < -0.39 is 0 Å². The molecule has 1 aromatic carbocycles. The van der Waals surface area contributed by atoms with Crippen molar-refractivity contribution < 1.29 is 0 Å². The maximum atomic E-state index is 8.85. The highest BCUT2D eigenvalue weighted by atomic mass is 14.3. The summed E-state index contributed by atoms with van der Waals surface area (Å²) in [7, 11) is 0. The van der Waals surface area contributed by atoms with E-state index in [-0.39, 0.29) is 0 Å². The van der Waals surface area contributed by atoms with E-state index in [4.69, 9.17) is 5.26 Å². The third kappa shape index (κ3) is 4.10. The molecule has 0 bridgehead atoms. The molecule has 0 heterocycles. The smallest absolute Gasteiger partial charge is 0.0991 e. The van der Waals surface area contributed by atoms with Crippen molar-refractivity contribution in [1.29, 1.82) is 5.26 Å². The summed E-state index contributed by atoms with van der Waals surface area (Å²) in [5.74, 6) is 2.58. The molecule has 0 amide bonds. The van der Waals surface area contributed by atoms with Gasteiger partial charge in [-0.3, -0.25) is 0 Å². The number of benzene rings is 1. The van der Waals surface area contributed by atoms with Gasteiger partial charge < -0.3 is 0 Å². The summed E-state index contributed by atoms with van der Waals surface area (Å²) in [6.45, 7) is 4.68. The molecule has 1 unspecified atom stereocenters. The van der Waals surface area contributed by atoms with E-state index in [9.17, 15) is 0 Å². The monoisotopic (exact) mass is 269 g/mol. The van der Waals surface area contributed by atoms with E-state index in [2.05, 4.69) is 32.0 Å². The van der Waals surface area contributed by atoms with Crippen molar-refractivity contribution in [2.45, 2.75) is 64.7 Å². The van der Waals surface area contributed by atoms with Crippen LogP contribution >= 0.6 is 0 Å². The van der Waals surface area contributed by atoms with Gasteiger partial charge >= 0.3 is 0 Å². The Labute approximate surface area is 124 Å². The largest absolute Gasteiger partial charge is 0.192 e. The van der Waals surface area contributed by atoms with Crippen molar-refractivity contribution in [3.05, 3.63) is 35.4 Å². The summed E-state index contributed by atoms with van der Waals surface area (Å²) in [5, 5.41) is 8.85. The van der Waals surface area contributed by atoms with Crippen LogP contribution in [-0.4, -0.2) is 0 Å². The Kier molecular flexibility index (Phi) is 5.65. The molecular formula is C19H27N. The van der Waals surface area contributed by atoms with E-state index in [1.807, 2.05) is 12.1 Å². The second kappa shape index (κ2) is 7.48. The maximum absolute atomic E-state index is 8.85. The zero-order valence-corrected chi connectivity index (χ0v) is 12.9. The van der Waals surface area contributed by atoms with E-state index in [0.29, 0.717) is 0 Å². The van der Waals surface area contributed by atoms with Crippen molar-refractivity contribution >= 4 is 0 Å². The Morgan fingerprint density at radius 1 is 1.15 bits per heavy atom. The lowest BCUT2D eigenvalue weighted by atomic mass is 9.76. The Hall–Kier alpha value is -1.29. The molecule has 1 aromatic rings. The molecule has 108 valence electrons. The molecule has 2 rings (SSSR count). The van der Waals surface area contributed by atoms with Gasteiger partial charge in [-0.25, -0.2) is 0 Å². The molecule has 1 saturated carbocycles. The third-order valence-electron chi connectivity index (χ3n) is 5.12. The second-order valence-corrected chi connectivity index (χ2v) is 6.54. The zero-order valence-electron chi connectivity index (χ0n) is 12.9. The fourth-order valence-electron chi connectivity index (χ4n) is 3.34. The summed E-state index contributed by atoms with van der Waals surface area (Å²) < 4.78 is 0. The van der Waals surface area contributed by atoms with Crippen molar-refractivity contribution in [3.8, 4) is 6.07 Å². The SMILES string of the molecule is CCC(C)CCC1CCC(c2ccc(C#N)cc2)CC1. The molecule has 1 atom stereocenters. The van der Waals surface area contributed by atoms with Crippen LogP contribution in [0.2, 0.25) is 0 Å². The lowest BCUT2D eigenvalue weighted by Gasteiger charge is -2.29. The van der Waals surface area contributed by atoms with Gasteiger partial charge in [-0.15, -0.1) is 0 Å². The molecule has 1 aliphatic rings. The van der Waals surface area contributed by atoms with Crippen LogP contribution in [0.1, 0.15) is 75.8 Å². The fourth-order valence-corrected chi connectivity index (χ4v) is 3.34. The first-order valence-corrected chi connectivity index (χ1v) is 8.23. The van der Waals surface area contributed by atoms with Crippen LogP contribution in [0, 0.1) is 23.2 Å². The molecule has 0 aromatic heterocycles. The minimum atomic E-state index is 0.725. The van der Waals surface area contributed by atoms with Crippen LogP contribution in [0.15, 0.2) is 24.3 Å². The first-order valence-electron chi connectivity index (χ1n) is 8.23. The van der Waals surface area contributed by atoms with Crippen molar-refractivity contribution in [2.24, 2.45) is 11.8 Å². The molecule has 1 heteroatoms. The minimum Gasteiger partial charge on any atom is -0.192 e. The van der Waals surface area contributed by atoms with Crippen LogP contribution < -0.4 is 0 Å². The Morgan fingerprint density at radius 3 is 2.35 bits per heavy atom. The number of rotatable bonds is 5. The summed E-state index contributed by atoms with van der Waals surface area (Å²) in [6.07, 6.45) is 9.59. The first-order chi connectivity index (χ1) is 9.72. The van der Waals surface area contributed by atoms with Crippen LogP contribution in [0.4, 0.5) is 0 Å². The number of hydrogen-bond acceptors (Lipinski definition) is 1. The molecule has 1 aliphatic carbocycles. The van der Waals surface area contributed by atoms with E-state index in [1.165, 1.54) is 50.5 Å². The van der Waals surface area contributed by atoms with Crippen molar-refractivity contribution in [2.75, 3.05) is 0 Å². The maximum Gasteiger partial charge on any atom is 0.0991 e. The Morgan fingerprint density at radius 2 is 1.80 bits per heavy atom. The molecule has 1 fully saturated rings. The van der Waals surface area contributed by atoms with Gasteiger partial charge in [-0.1, -0.05) is 45.2 Å². The molecule has 0 N–H and O–H groups in total. The van der Waals surface area contributed by atoms with Gasteiger partial charge in [-0.05, 0) is 61.1 Å². The minimum absolute atomic E-state index is 0.725. The number of hydrogen-bond donors (Lipinski definition) is 0. The zero-order chi connectivity index (χ0) is 14.4. The standard InChI is InChI=1S/C19H27N/c1-3-15(2)4-5-16-6-10-18(11-7-16)19-12-8-17(14-20)9-13-19/h8-9,12-13,15-16,18H,3-7,10-11H2,1-2H3. The van der Waals surface area contributed by atoms with Crippen molar-refractivity contribution in [1.82, 2.24) is 0 Å². The van der Waals surface area contributed by atoms with Gasteiger partial charge in [0.25, 0.3) is 0 Å². The van der Waals surface area contributed by atoms with E-state index >= 15 is 0 Å². The lowest BCUT2D eigenvalue weighted by Crippen LogP contribution is -2.14. The molecule has 0 spiro atoms. The number of nitriles is 1. The van der Waals surface area contributed by atoms with Gasteiger partial charge in [0.15, 0.2) is 0 Å². The summed E-state index contributed by atoms with van der Waals surface area (Å²) in [5.41, 5.74) is 2.21. The highest BCUT2D eigenvalue weighted by Gasteiger charge is 2.22. The molecular weight excluding hydrogens is 242 g/mol. The third-order valence-corrected chi connectivity index (χ3v) is 5.12. The highest BCUT2D eigenvalue weighted by molar-refractivity contribution is 5.33. The van der Waals surface area contributed by atoms with Crippen LogP contribution in [0.5, 0.6) is 0 Å². The van der Waals surface area contributed by atoms with Crippen LogP contribution in [0.3, 0.4) is 0 Å². The quantitative estimate of drug-likeness (QED) is 0.676. The normalized spacial score (nSPS) is 24.1. The van der Waals surface area contributed by atoms with Gasteiger partial charge in [0, 0.05) is 0 Å². The summed E-state index contributed by atoms with van der Waals surface area (Å²) >= 11 is 0. The average molecular weight is 269 g/mol. The van der Waals surface area contributed by atoms with E-state index in [1.54, 1.807) is 0 Å². The first kappa shape index (κ1) is 15.1. The predicted octanol–water partition coefficient (Wildman–Crippen LogP) is 5.66. The van der Waals surface area contributed by atoms with Gasteiger partial charge in [0.05, 0.1) is 11.6 Å². The molecule has 0 radical (unpaired) electrons. The molecule has 0 aliphatic heterocycles. The van der Waals surface area contributed by atoms with Crippen LogP contribution in [0.25, 0.3) is 0 Å². The van der Waals surface area contributed by atoms with E-state index in [0.717, 1.165) is 23.3 Å². The highest BCUT2D eigenvalue weighted by Crippen LogP contribution is 2.38. The Bertz CT molecular complexity index is 432. The topological polar surface area (TPSA) is 23.8 Å². The fraction of sp³-hybridized carbons (Fsp3) is 0.632. The molecule has 0 saturated heterocycles.